The van der Waals surface area contributed by atoms with Gasteiger partial charge in [0.05, 0.1) is 17.5 Å². The van der Waals surface area contributed by atoms with Gasteiger partial charge >= 0.3 is 0 Å². The largest absolute Gasteiger partial charge is 0.389 e. The third-order valence-electron chi connectivity index (χ3n) is 6.32. The van der Waals surface area contributed by atoms with E-state index in [0.29, 0.717) is 11.6 Å². The highest BCUT2D eigenvalue weighted by Gasteiger charge is 2.24. The summed E-state index contributed by atoms with van der Waals surface area (Å²) in [5.41, 5.74) is 7.06. The summed E-state index contributed by atoms with van der Waals surface area (Å²) in [5, 5.41) is 20.7. The molecular weight excluding hydrogens is 420 g/mol. The minimum atomic E-state index is -1.05. The van der Waals surface area contributed by atoms with Gasteiger partial charge in [-0.05, 0) is 79.6 Å². The van der Waals surface area contributed by atoms with E-state index >= 15 is 0 Å². The first-order valence-electron chi connectivity index (χ1n) is 11.9. The van der Waals surface area contributed by atoms with Gasteiger partial charge in [-0.3, -0.25) is 4.57 Å². The Kier molecular flexibility index (Phi) is 6.48. The first-order valence-corrected chi connectivity index (χ1v) is 11.9. The van der Waals surface area contributed by atoms with Crippen molar-refractivity contribution in [3.8, 4) is 28.2 Å². The summed E-state index contributed by atoms with van der Waals surface area (Å²) in [6.07, 6.45) is 1.44. The molecule has 0 saturated carbocycles. The van der Waals surface area contributed by atoms with Gasteiger partial charge in [-0.1, -0.05) is 62.4 Å². The Labute approximate surface area is 202 Å². The van der Waals surface area contributed by atoms with Gasteiger partial charge < -0.3 is 10.2 Å². The van der Waals surface area contributed by atoms with E-state index in [4.69, 9.17) is 4.98 Å². The molecule has 4 aromatic rings. The molecule has 1 aromatic heterocycles. The summed E-state index contributed by atoms with van der Waals surface area (Å²) < 4.78 is 2.10. The quantitative estimate of drug-likeness (QED) is 0.332. The van der Waals surface area contributed by atoms with Gasteiger partial charge in [-0.25, -0.2) is 4.98 Å². The average Bonchev–Trinajstić information content (AvgIpc) is 3.24. The zero-order chi connectivity index (χ0) is 24.6. The van der Waals surface area contributed by atoms with Crippen LogP contribution in [0, 0.1) is 6.92 Å². The molecule has 4 rings (SSSR count). The van der Waals surface area contributed by atoms with Gasteiger partial charge in [-0.2, -0.15) is 0 Å². The first kappa shape index (κ1) is 23.9. The van der Waals surface area contributed by atoms with E-state index in [9.17, 15) is 10.2 Å². The highest BCUT2D eigenvalue weighted by atomic mass is 16.3. The van der Waals surface area contributed by atoms with Crippen molar-refractivity contribution in [1.29, 1.82) is 0 Å². The van der Waals surface area contributed by atoms with Crippen molar-refractivity contribution in [3.05, 3.63) is 95.3 Å². The zero-order valence-electron chi connectivity index (χ0n) is 20.9. The van der Waals surface area contributed by atoms with Crippen LogP contribution in [0.2, 0.25) is 0 Å². The molecule has 34 heavy (non-hydrogen) atoms. The lowest BCUT2D eigenvalue weighted by Crippen LogP contribution is -2.15. The van der Waals surface area contributed by atoms with Gasteiger partial charge in [-0.15, -0.1) is 0 Å². The lowest BCUT2D eigenvalue weighted by Gasteiger charge is -2.16. The molecule has 0 amide bonds. The van der Waals surface area contributed by atoms with Gasteiger partial charge in [0.25, 0.3) is 0 Å². The van der Waals surface area contributed by atoms with Gasteiger partial charge in [0, 0.05) is 11.8 Å². The first-order chi connectivity index (χ1) is 16.1. The Morgan fingerprint density at radius 2 is 1.59 bits per heavy atom. The number of nitrogens with zero attached hydrogens (tertiary/aromatic N) is 2. The maximum atomic E-state index is 10.7. The molecule has 0 saturated heterocycles. The smallest absolute Gasteiger partial charge is 0.145 e. The third-order valence-corrected chi connectivity index (χ3v) is 6.32. The standard InChI is InChI=1S/C30H34N2O2/c1-19(2)25-12-7-8-13-26(25)29-31-28(30(5,6)34)18-32(29)27-15-14-24(16-20(27)3)23-11-9-10-22(17-23)21(4)33/h7-19,21,33-34H,1-6H3/t21-/m1/s1. The molecule has 3 aromatic carbocycles. The van der Waals surface area contributed by atoms with Gasteiger partial charge in [0.2, 0.25) is 0 Å². The predicted octanol–water partition coefficient (Wildman–Crippen LogP) is 6.92. The fraction of sp³-hybridized carbons (Fsp3) is 0.300. The van der Waals surface area contributed by atoms with Crippen LogP contribution in [-0.2, 0) is 5.60 Å². The van der Waals surface area contributed by atoms with Crippen molar-refractivity contribution in [1.82, 2.24) is 9.55 Å². The lowest BCUT2D eigenvalue weighted by molar-refractivity contribution is 0.0743. The van der Waals surface area contributed by atoms with E-state index in [0.717, 1.165) is 39.3 Å². The highest BCUT2D eigenvalue weighted by molar-refractivity contribution is 5.69. The molecule has 0 radical (unpaired) electrons. The minimum absolute atomic E-state index is 0.344. The molecular formula is C30H34N2O2. The number of aromatic nitrogens is 2. The Morgan fingerprint density at radius 3 is 2.24 bits per heavy atom. The second kappa shape index (κ2) is 9.21. The molecule has 176 valence electrons. The molecule has 0 bridgehead atoms. The molecule has 1 atom stereocenters. The number of hydrogen-bond donors (Lipinski definition) is 2. The van der Waals surface area contributed by atoms with Gasteiger partial charge in [0.15, 0.2) is 0 Å². The molecule has 2 N–H and O–H groups in total. The fourth-order valence-electron chi connectivity index (χ4n) is 4.34. The van der Waals surface area contributed by atoms with Crippen molar-refractivity contribution in [3.63, 3.8) is 0 Å². The van der Waals surface area contributed by atoms with Crippen molar-refractivity contribution in [2.45, 2.75) is 59.2 Å². The predicted molar refractivity (Wildman–Crippen MR) is 139 cm³/mol. The van der Waals surface area contributed by atoms with Crippen LogP contribution in [-0.4, -0.2) is 19.8 Å². The summed E-state index contributed by atoms with van der Waals surface area (Å²) in [6.45, 7) is 11.8. The number of aliphatic hydroxyl groups is 2. The number of imidazole rings is 1. The Morgan fingerprint density at radius 1 is 0.882 bits per heavy atom. The molecule has 0 unspecified atom stereocenters. The van der Waals surface area contributed by atoms with Crippen LogP contribution in [0.1, 0.15) is 69.0 Å². The van der Waals surface area contributed by atoms with Crippen molar-refractivity contribution in [2.24, 2.45) is 0 Å². The summed E-state index contributed by atoms with van der Waals surface area (Å²) in [7, 11) is 0. The lowest BCUT2D eigenvalue weighted by atomic mass is 9.96. The molecule has 1 heterocycles. The van der Waals surface area contributed by atoms with Crippen molar-refractivity contribution < 1.29 is 10.2 Å². The van der Waals surface area contributed by atoms with E-state index in [1.807, 2.05) is 30.5 Å². The van der Waals surface area contributed by atoms with E-state index in [1.54, 1.807) is 20.8 Å². The van der Waals surface area contributed by atoms with Crippen LogP contribution in [0.5, 0.6) is 0 Å². The van der Waals surface area contributed by atoms with Crippen LogP contribution in [0.3, 0.4) is 0 Å². The average molecular weight is 455 g/mol. The van der Waals surface area contributed by atoms with Crippen LogP contribution in [0.15, 0.2) is 72.9 Å². The molecule has 4 nitrogen and oxygen atoms in total. The normalized spacial score (nSPS) is 12.9. The molecule has 0 spiro atoms. The highest BCUT2D eigenvalue weighted by Crippen LogP contribution is 2.34. The van der Waals surface area contributed by atoms with Crippen LogP contribution in [0.4, 0.5) is 0 Å². The Balaban J connectivity index is 1.87. The van der Waals surface area contributed by atoms with E-state index < -0.39 is 11.7 Å². The molecule has 4 heteroatoms. The number of benzene rings is 3. The van der Waals surface area contributed by atoms with E-state index in [2.05, 4.69) is 67.8 Å². The monoisotopic (exact) mass is 454 g/mol. The zero-order valence-corrected chi connectivity index (χ0v) is 20.9. The second-order valence-electron chi connectivity index (χ2n) is 9.92. The number of aliphatic hydroxyl groups excluding tert-OH is 1. The summed E-state index contributed by atoms with van der Waals surface area (Å²) in [4.78, 5) is 4.91. The van der Waals surface area contributed by atoms with E-state index in [1.165, 1.54) is 5.56 Å². The summed E-state index contributed by atoms with van der Waals surface area (Å²) in [6, 6.07) is 22.7. The van der Waals surface area contributed by atoms with Crippen LogP contribution < -0.4 is 0 Å². The van der Waals surface area contributed by atoms with Crippen molar-refractivity contribution in [2.75, 3.05) is 0 Å². The Bertz CT molecular complexity index is 1310. The maximum absolute atomic E-state index is 10.7. The Hall–Kier alpha value is -3.21. The fourth-order valence-corrected chi connectivity index (χ4v) is 4.34. The SMILES string of the molecule is Cc1cc(-c2cccc([C@@H](C)O)c2)ccc1-n1cc(C(C)(C)O)nc1-c1ccccc1C(C)C. The topological polar surface area (TPSA) is 58.3 Å². The summed E-state index contributed by atoms with van der Waals surface area (Å²) in [5.74, 6) is 1.17. The molecule has 0 aliphatic heterocycles. The number of rotatable bonds is 6. The second-order valence-corrected chi connectivity index (χ2v) is 9.92. The maximum Gasteiger partial charge on any atom is 0.145 e. The number of hydrogen-bond acceptors (Lipinski definition) is 3. The summed E-state index contributed by atoms with van der Waals surface area (Å²) >= 11 is 0. The molecule has 0 aliphatic rings. The van der Waals surface area contributed by atoms with Crippen molar-refractivity contribution >= 4 is 0 Å². The minimum Gasteiger partial charge on any atom is -0.389 e. The van der Waals surface area contributed by atoms with Crippen LogP contribution >= 0.6 is 0 Å². The third kappa shape index (κ3) is 4.70. The molecule has 0 aliphatic carbocycles. The van der Waals surface area contributed by atoms with Gasteiger partial charge in [0.1, 0.15) is 11.4 Å². The van der Waals surface area contributed by atoms with Crippen LogP contribution in [0.25, 0.3) is 28.2 Å². The number of aryl methyl sites for hydroxylation is 1. The molecule has 0 fully saturated rings. The van der Waals surface area contributed by atoms with E-state index in [-0.39, 0.29) is 0 Å².